The highest BCUT2D eigenvalue weighted by molar-refractivity contribution is 5.95. The normalized spacial score (nSPS) is 15.9. The van der Waals surface area contributed by atoms with Crippen molar-refractivity contribution in [3.63, 3.8) is 0 Å². The highest BCUT2D eigenvalue weighted by atomic mass is 19.1. The van der Waals surface area contributed by atoms with Crippen LogP contribution >= 0.6 is 0 Å². The fraction of sp³-hybridized carbons (Fsp3) is 0.250. The molecule has 0 bridgehead atoms. The Kier molecular flexibility index (Phi) is 6.05. The molecule has 0 spiro atoms. The SMILES string of the molecule is NCCc1ccc(Oc2ccc(F)c(C(=O)N3CCCC3c3cccnc3)c2)cc1. The molecular weight excluding hydrogens is 381 g/mol. The lowest BCUT2D eigenvalue weighted by molar-refractivity contribution is 0.0730. The van der Waals surface area contributed by atoms with Crippen LogP contribution in [-0.2, 0) is 6.42 Å². The van der Waals surface area contributed by atoms with Crippen molar-refractivity contribution in [3.05, 3.63) is 89.5 Å². The molecule has 4 rings (SSSR count). The second-order valence-corrected chi connectivity index (χ2v) is 7.37. The maximum absolute atomic E-state index is 14.6. The molecule has 2 aromatic carbocycles. The Morgan fingerprint density at radius 3 is 2.70 bits per heavy atom. The zero-order chi connectivity index (χ0) is 20.9. The molecule has 6 heteroatoms. The molecule has 1 fully saturated rings. The van der Waals surface area contributed by atoms with E-state index in [9.17, 15) is 9.18 Å². The van der Waals surface area contributed by atoms with E-state index in [0.717, 1.165) is 30.4 Å². The van der Waals surface area contributed by atoms with Gasteiger partial charge in [-0.2, -0.15) is 0 Å². The second kappa shape index (κ2) is 9.05. The summed E-state index contributed by atoms with van der Waals surface area (Å²) in [6.45, 7) is 1.17. The summed E-state index contributed by atoms with van der Waals surface area (Å²) in [4.78, 5) is 19.0. The van der Waals surface area contributed by atoms with Crippen LogP contribution in [0.5, 0.6) is 11.5 Å². The van der Waals surface area contributed by atoms with Gasteiger partial charge < -0.3 is 15.4 Å². The van der Waals surface area contributed by atoms with Crippen molar-refractivity contribution in [1.29, 1.82) is 0 Å². The number of nitrogens with two attached hydrogens (primary N) is 1. The number of hydrogen-bond acceptors (Lipinski definition) is 4. The number of hydrogen-bond donors (Lipinski definition) is 1. The van der Waals surface area contributed by atoms with Crippen molar-refractivity contribution >= 4 is 5.91 Å². The monoisotopic (exact) mass is 405 g/mol. The summed E-state index contributed by atoms with van der Waals surface area (Å²) < 4.78 is 20.4. The third kappa shape index (κ3) is 4.33. The van der Waals surface area contributed by atoms with Gasteiger partial charge >= 0.3 is 0 Å². The Bertz CT molecular complexity index is 1010. The van der Waals surface area contributed by atoms with Gasteiger partial charge in [-0.1, -0.05) is 18.2 Å². The smallest absolute Gasteiger partial charge is 0.257 e. The van der Waals surface area contributed by atoms with Gasteiger partial charge in [-0.15, -0.1) is 0 Å². The molecule has 5 nitrogen and oxygen atoms in total. The standard InChI is InChI=1S/C24H24FN3O2/c25-22-10-9-20(30-19-7-5-17(6-8-19)11-12-26)15-21(22)24(29)28-14-2-4-23(28)18-3-1-13-27-16-18/h1,3,5-10,13,15-16,23H,2,4,11-12,14,26H2. The van der Waals surface area contributed by atoms with E-state index in [4.69, 9.17) is 10.5 Å². The van der Waals surface area contributed by atoms with E-state index in [0.29, 0.717) is 24.6 Å². The summed E-state index contributed by atoms with van der Waals surface area (Å²) in [5, 5.41) is 0. The Labute approximate surface area is 175 Å². The van der Waals surface area contributed by atoms with Crippen LogP contribution in [0.4, 0.5) is 4.39 Å². The van der Waals surface area contributed by atoms with Crippen LogP contribution < -0.4 is 10.5 Å². The Morgan fingerprint density at radius 1 is 1.17 bits per heavy atom. The highest BCUT2D eigenvalue weighted by Gasteiger charge is 2.32. The fourth-order valence-corrected chi connectivity index (χ4v) is 3.84. The first-order chi connectivity index (χ1) is 14.7. The first-order valence-electron chi connectivity index (χ1n) is 10.1. The van der Waals surface area contributed by atoms with E-state index >= 15 is 0 Å². The van der Waals surface area contributed by atoms with Crippen LogP contribution in [0.2, 0.25) is 0 Å². The number of benzene rings is 2. The zero-order valence-electron chi connectivity index (χ0n) is 16.6. The van der Waals surface area contributed by atoms with Gasteiger partial charge in [0.2, 0.25) is 0 Å². The number of likely N-dealkylation sites (tertiary alicyclic amines) is 1. The lowest BCUT2D eigenvalue weighted by atomic mass is 10.1. The predicted molar refractivity (Wildman–Crippen MR) is 113 cm³/mol. The first-order valence-corrected chi connectivity index (χ1v) is 10.1. The largest absolute Gasteiger partial charge is 0.457 e. The predicted octanol–water partition coefficient (Wildman–Crippen LogP) is 4.49. The van der Waals surface area contributed by atoms with E-state index in [1.165, 1.54) is 18.2 Å². The van der Waals surface area contributed by atoms with E-state index in [1.807, 2.05) is 36.4 Å². The minimum atomic E-state index is -0.553. The zero-order valence-corrected chi connectivity index (χ0v) is 16.6. The fourth-order valence-electron chi connectivity index (χ4n) is 3.84. The number of aromatic nitrogens is 1. The summed E-state index contributed by atoms with van der Waals surface area (Å²) >= 11 is 0. The highest BCUT2D eigenvalue weighted by Crippen LogP contribution is 2.34. The number of rotatable bonds is 6. The summed E-state index contributed by atoms with van der Waals surface area (Å²) in [5.74, 6) is 0.156. The first kappa shape index (κ1) is 20.0. The van der Waals surface area contributed by atoms with Crippen molar-refractivity contribution in [2.45, 2.75) is 25.3 Å². The quantitative estimate of drug-likeness (QED) is 0.656. The number of ether oxygens (including phenoxy) is 1. The molecule has 3 aromatic rings. The molecule has 1 atom stereocenters. The molecule has 1 aliphatic heterocycles. The maximum atomic E-state index is 14.6. The van der Waals surface area contributed by atoms with Crippen LogP contribution in [0.25, 0.3) is 0 Å². The van der Waals surface area contributed by atoms with Gasteiger partial charge in [0.1, 0.15) is 17.3 Å². The number of carbonyl (C=O) groups is 1. The van der Waals surface area contributed by atoms with Gasteiger partial charge in [0.05, 0.1) is 11.6 Å². The van der Waals surface area contributed by atoms with Crippen LogP contribution in [0.15, 0.2) is 67.0 Å². The van der Waals surface area contributed by atoms with Crippen molar-refractivity contribution in [1.82, 2.24) is 9.88 Å². The van der Waals surface area contributed by atoms with Crippen molar-refractivity contribution in [3.8, 4) is 11.5 Å². The molecule has 1 amide bonds. The lowest BCUT2D eigenvalue weighted by Crippen LogP contribution is -2.31. The van der Waals surface area contributed by atoms with Crippen molar-refractivity contribution in [2.75, 3.05) is 13.1 Å². The third-order valence-electron chi connectivity index (χ3n) is 5.34. The van der Waals surface area contributed by atoms with Gasteiger partial charge in [0, 0.05) is 18.9 Å². The van der Waals surface area contributed by atoms with Gasteiger partial charge in [-0.3, -0.25) is 9.78 Å². The average molecular weight is 405 g/mol. The molecule has 30 heavy (non-hydrogen) atoms. The molecule has 2 heterocycles. The number of carbonyl (C=O) groups excluding carboxylic acids is 1. The number of halogens is 1. The van der Waals surface area contributed by atoms with E-state index in [-0.39, 0.29) is 17.5 Å². The molecule has 1 saturated heterocycles. The molecule has 2 N–H and O–H groups in total. The molecule has 0 radical (unpaired) electrons. The summed E-state index contributed by atoms with van der Waals surface area (Å²) in [7, 11) is 0. The van der Waals surface area contributed by atoms with Crippen molar-refractivity contribution < 1.29 is 13.9 Å². The van der Waals surface area contributed by atoms with Gasteiger partial charge in [0.15, 0.2) is 0 Å². The molecule has 0 saturated carbocycles. The number of pyridine rings is 1. The van der Waals surface area contributed by atoms with E-state index < -0.39 is 5.82 Å². The molecular formula is C24H24FN3O2. The lowest BCUT2D eigenvalue weighted by Gasteiger charge is -2.25. The second-order valence-electron chi connectivity index (χ2n) is 7.37. The van der Waals surface area contributed by atoms with Crippen LogP contribution in [-0.4, -0.2) is 28.9 Å². The summed E-state index contributed by atoms with van der Waals surface area (Å²) in [5.41, 5.74) is 7.68. The van der Waals surface area contributed by atoms with Crippen LogP contribution in [0.1, 0.15) is 40.4 Å². The van der Waals surface area contributed by atoms with E-state index in [2.05, 4.69) is 4.98 Å². The average Bonchev–Trinajstić information content (AvgIpc) is 3.27. The molecule has 154 valence electrons. The molecule has 1 unspecified atom stereocenters. The Balaban J connectivity index is 1.54. The minimum Gasteiger partial charge on any atom is -0.457 e. The van der Waals surface area contributed by atoms with Crippen molar-refractivity contribution in [2.24, 2.45) is 5.73 Å². The molecule has 1 aliphatic rings. The van der Waals surface area contributed by atoms with Gasteiger partial charge in [-0.05, 0) is 73.3 Å². The number of nitrogens with zero attached hydrogens (tertiary/aromatic N) is 2. The summed E-state index contributed by atoms with van der Waals surface area (Å²) in [6.07, 6.45) is 5.97. The maximum Gasteiger partial charge on any atom is 0.257 e. The third-order valence-corrected chi connectivity index (χ3v) is 5.34. The Hall–Kier alpha value is -3.25. The minimum absolute atomic E-state index is 0.0167. The summed E-state index contributed by atoms with van der Waals surface area (Å²) in [6, 6.07) is 15.6. The van der Waals surface area contributed by atoms with Gasteiger partial charge in [-0.25, -0.2) is 4.39 Å². The molecule has 0 aliphatic carbocycles. The van der Waals surface area contributed by atoms with Crippen LogP contribution in [0.3, 0.4) is 0 Å². The van der Waals surface area contributed by atoms with Gasteiger partial charge in [0.25, 0.3) is 5.91 Å². The van der Waals surface area contributed by atoms with E-state index in [1.54, 1.807) is 17.3 Å². The molecule has 1 aromatic heterocycles. The Morgan fingerprint density at radius 2 is 1.97 bits per heavy atom. The topological polar surface area (TPSA) is 68.5 Å². The van der Waals surface area contributed by atoms with Crippen LogP contribution in [0, 0.1) is 5.82 Å². The number of amides is 1.